The molecule has 0 aromatic carbocycles. The lowest BCUT2D eigenvalue weighted by Crippen LogP contribution is -2.42. The smallest absolute Gasteiger partial charge is 0.410 e. The number of hydrogen-bond acceptors (Lipinski definition) is 4. The van der Waals surface area contributed by atoms with E-state index in [1.165, 1.54) is 25.9 Å². The van der Waals surface area contributed by atoms with Gasteiger partial charge in [0.2, 0.25) is 0 Å². The van der Waals surface area contributed by atoms with E-state index in [-0.39, 0.29) is 6.09 Å². The molecule has 5 heteroatoms. The summed E-state index contributed by atoms with van der Waals surface area (Å²) in [6, 6.07) is 0.569. The summed E-state index contributed by atoms with van der Waals surface area (Å²) in [7, 11) is 2.21. The van der Waals surface area contributed by atoms with Crippen LogP contribution in [-0.4, -0.2) is 67.3 Å². The first-order chi connectivity index (χ1) is 10.7. The minimum atomic E-state index is -0.407. The predicted molar refractivity (Wildman–Crippen MR) is 93.6 cm³/mol. The molecule has 2 rings (SSSR count). The van der Waals surface area contributed by atoms with Crippen molar-refractivity contribution in [3.63, 3.8) is 0 Å². The van der Waals surface area contributed by atoms with Crippen molar-refractivity contribution in [2.75, 3.05) is 39.8 Å². The Bertz CT molecular complexity index is 386. The number of carbonyl (C=O) groups excluding carboxylic acids is 1. The van der Waals surface area contributed by atoms with E-state index in [1.54, 1.807) is 0 Å². The summed E-state index contributed by atoms with van der Waals surface area (Å²) in [5.41, 5.74) is -0.407. The molecule has 0 saturated carbocycles. The zero-order valence-corrected chi connectivity index (χ0v) is 15.6. The van der Waals surface area contributed by atoms with Crippen molar-refractivity contribution < 1.29 is 9.53 Å². The second-order valence-electron chi connectivity index (χ2n) is 8.42. The second kappa shape index (κ2) is 7.84. The summed E-state index contributed by atoms with van der Waals surface area (Å²) in [5, 5.41) is 3.72. The lowest BCUT2D eigenvalue weighted by Gasteiger charge is -2.33. The molecule has 2 saturated heterocycles. The summed E-state index contributed by atoms with van der Waals surface area (Å²) >= 11 is 0. The van der Waals surface area contributed by atoms with E-state index < -0.39 is 5.60 Å². The van der Waals surface area contributed by atoms with E-state index in [2.05, 4.69) is 24.2 Å². The number of nitrogens with zero attached hydrogens (tertiary/aromatic N) is 2. The highest BCUT2D eigenvalue weighted by Gasteiger charge is 2.30. The molecule has 2 aliphatic rings. The van der Waals surface area contributed by atoms with Gasteiger partial charge in [-0.2, -0.15) is 0 Å². The molecule has 2 atom stereocenters. The lowest BCUT2D eigenvalue weighted by molar-refractivity contribution is 0.0288. The first-order valence-corrected chi connectivity index (χ1v) is 9.14. The summed E-state index contributed by atoms with van der Waals surface area (Å²) < 4.78 is 5.46. The zero-order valence-electron chi connectivity index (χ0n) is 15.6. The van der Waals surface area contributed by atoms with Gasteiger partial charge in [0, 0.05) is 19.1 Å². The third kappa shape index (κ3) is 5.96. The number of carbonyl (C=O) groups is 1. The van der Waals surface area contributed by atoms with Gasteiger partial charge in [-0.05, 0) is 85.5 Å². The van der Waals surface area contributed by atoms with E-state index in [0.717, 1.165) is 32.0 Å². The number of rotatable bonds is 4. The average molecular weight is 325 g/mol. The summed E-state index contributed by atoms with van der Waals surface area (Å²) in [6.45, 7) is 13.2. The van der Waals surface area contributed by atoms with Crippen LogP contribution in [0, 0.1) is 11.8 Å². The van der Waals surface area contributed by atoms with Crippen molar-refractivity contribution >= 4 is 6.09 Å². The molecule has 2 heterocycles. The van der Waals surface area contributed by atoms with Crippen LogP contribution in [0.3, 0.4) is 0 Å². The SMILES string of the molecule is CC(NCC1CCN(C(=O)OC(C)(C)C)C1)C1CCN(C)CC1. The van der Waals surface area contributed by atoms with Gasteiger partial charge >= 0.3 is 6.09 Å². The number of likely N-dealkylation sites (tertiary alicyclic amines) is 2. The largest absolute Gasteiger partial charge is 0.444 e. The van der Waals surface area contributed by atoms with E-state index in [0.29, 0.717) is 12.0 Å². The van der Waals surface area contributed by atoms with Crippen molar-refractivity contribution in [1.29, 1.82) is 0 Å². The Kier molecular flexibility index (Phi) is 6.32. The van der Waals surface area contributed by atoms with Crippen LogP contribution >= 0.6 is 0 Å². The van der Waals surface area contributed by atoms with Gasteiger partial charge in [0.25, 0.3) is 0 Å². The Hall–Kier alpha value is -0.810. The lowest BCUT2D eigenvalue weighted by atomic mass is 9.90. The van der Waals surface area contributed by atoms with Crippen LogP contribution in [0.5, 0.6) is 0 Å². The van der Waals surface area contributed by atoms with Crippen molar-refractivity contribution in [1.82, 2.24) is 15.1 Å². The molecule has 1 N–H and O–H groups in total. The fourth-order valence-corrected chi connectivity index (χ4v) is 3.54. The first-order valence-electron chi connectivity index (χ1n) is 9.14. The quantitative estimate of drug-likeness (QED) is 0.863. The van der Waals surface area contributed by atoms with Crippen LogP contribution in [0.2, 0.25) is 0 Å². The monoisotopic (exact) mass is 325 g/mol. The molecule has 0 aromatic heterocycles. The Morgan fingerprint density at radius 2 is 1.87 bits per heavy atom. The molecule has 134 valence electrons. The molecule has 0 radical (unpaired) electrons. The van der Waals surface area contributed by atoms with Gasteiger partial charge in [-0.15, -0.1) is 0 Å². The van der Waals surface area contributed by atoms with Gasteiger partial charge in [0.15, 0.2) is 0 Å². The van der Waals surface area contributed by atoms with Gasteiger partial charge < -0.3 is 19.9 Å². The second-order valence-corrected chi connectivity index (χ2v) is 8.42. The van der Waals surface area contributed by atoms with Crippen molar-refractivity contribution in [2.24, 2.45) is 11.8 Å². The standard InChI is InChI=1S/C18H35N3O2/c1-14(16-7-9-20(5)10-8-16)19-12-15-6-11-21(13-15)17(22)23-18(2,3)4/h14-16,19H,6-13H2,1-5H3. The van der Waals surface area contributed by atoms with Gasteiger partial charge in [-0.3, -0.25) is 0 Å². The van der Waals surface area contributed by atoms with Crippen molar-refractivity contribution in [3.05, 3.63) is 0 Å². The first kappa shape index (κ1) is 18.5. The molecule has 23 heavy (non-hydrogen) atoms. The molecule has 2 aliphatic heterocycles. The topological polar surface area (TPSA) is 44.8 Å². The van der Waals surface area contributed by atoms with Gasteiger partial charge in [-0.1, -0.05) is 0 Å². The summed E-state index contributed by atoms with van der Waals surface area (Å²) in [4.78, 5) is 16.4. The average Bonchev–Trinajstić information content (AvgIpc) is 2.93. The van der Waals surface area contributed by atoms with Gasteiger partial charge in [0.1, 0.15) is 5.60 Å². The molecule has 2 unspecified atom stereocenters. The highest BCUT2D eigenvalue weighted by atomic mass is 16.6. The van der Waals surface area contributed by atoms with Crippen molar-refractivity contribution in [2.45, 2.75) is 58.6 Å². The van der Waals surface area contributed by atoms with Crippen molar-refractivity contribution in [3.8, 4) is 0 Å². The van der Waals surface area contributed by atoms with E-state index in [4.69, 9.17) is 4.74 Å². The number of ether oxygens (including phenoxy) is 1. The molecule has 0 bridgehead atoms. The maximum atomic E-state index is 12.1. The highest BCUT2D eigenvalue weighted by Crippen LogP contribution is 2.22. The van der Waals surface area contributed by atoms with Gasteiger partial charge in [0.05, 0.1) is 0 Å². The predicted octanol–water partition coefficient (Wildman–Crippen LogP) is 2.56. The van der Waals surface area contributed by atoms with Crippen LogP contribution in [-0.2, 0) is 4.74 Å². The normalized spacial score (nSPS) is 25.6. The molecule has 2 fully saturated rings. The third-order valence-electron chi connectivity index (χ3n) is 5.14. The Morgan fingerprint density at radius 1 is 1.22 bits per heavy atom. The fourth-order valence-electron chi connectivity index (χ4n) is 3.54. The number of hydrogen-bond donors (Lipinski definition) is 1. The maximum absolute atomic E-state index is 12.1. The molecular weight excluding hydrogens is 290 g/mol. The van der Waals surface area contributed by atoms with Crippen LogP contribution in [0.25, 0.3) is 0 Å². The summed E-state index contributed by atoms with van der Waals surface area (Å²) in [6.07, 6.45) is 3.49. The minimum Gasteiger partial charge on any atom is -0.444 e. The minimum absolute atomic E-state index is 0.164. The highest BCUT2D eigenvalue weighted by molar-refractivity contribution is 5.68. The van der Waals surface area contributed by atoms with Crippen LogP contribution < -0.4 is 5.32 Å². The van der Waals surface area contributed by atoms with E-state index in [9.17, 15) is 4.79 Å². The fraction of sp³-hybridized carbons (Fsp3) is 0.944. The van der Waals surface area contributed by atoms with Gasteiger partial charge in [-0.25, -0.2) is 4.79 Å². The van der Waals surface area contributed by atoms with E-state index in [1.807, 2.05) is 25.7 Å². The molecule has 0 aliphatic carbocycles. The maximum Gasteiger partial charge on any atom is 0.410 e. The van der Waals surface area contributed by atoms with E-state index >= 15 is 0 Å². The molecule has 0 spiro atoms. The Labute approximate surface area is 141 Å². The number of piperidine rings is 1. The third-order valence-corrected chi connectivity index (χ3v) is 5.14. The van der Waals surface area contributed by atoms with Crippen LogP contribution in [0.15, 0.2) is 0 Å². The Balaban J connectivity index is 1.68. The zero-order chi connectivity index (χ0) is 17.0. The Morgan fingerprint density at radius 3 is 2.48 bits per heavy atom. The molecule has 0 aromatic rings. The molecule has 1 amide bonds. The molecular formula is C18H35N3O2. The molecule has 5 nitrogen and oxygen atoms in total. The summed E-state index contributed by atoms with van der Waals surface area (Å²) in [5.74, 6) is 1.34. The number of amides is 1. The van der Waals surface area contributed by atoms with Crippen LogP contribution in [0.4, 0.5) is 4.79 Å². The van der Waals surface area contributed by atoms with Crippen LogP contribution in [0.1, 0.15) is 47.0 Å². The number of nitrogens with one attached hydrogen (secondary N) is 1.